The van der Waals surface area contributed by atoms with Crippen LogP contribution in [0.4, 0.5) is 4.79 Å². The van der Waals surface area contributed by atoms with E-state index in [0.717, 1.165) is 35.9 Å². The van der Waals surface area contributed by atoms with E-state index in [-0.39, 0.29) is 12.1 Å². The van der Waals surface area contributed by atoms with Crippen molar-refractivity contribution in [2.24, 2.45) is 16.6 Å². The van der Waals surface area contributed by atoms with Gasteiger partial charge in [0.1, 0.15) is 5.60 Å². The van der Waals surface area contributed by atoms with Crippen LogP contribution in [-0.2, 0) is 4.74 Å². The molecule has 7 heteroatoms. The second kappa shape index (κ2) is 9.03. The lowest BCUT2D eigenvalue weighted by atomic mass is 9.78. The van der Waals surface area contributed by atoms with Gasteiger partial charge in [0.15, 0.2) is 0 Å². The molecule has 0 radical (unpaired) electrons. The number of rotatable bonds is 6. The van der Waals surface area contributed by atoms with Gasteiger partial charge in [0.2, 0.25) is 0 Å². The molecular formula is C22H29N5O2. The molecule has 0 bridgehead atoms. The smallest absolute Gasteiger partial charge is 0.407 e. The van der Waals surface area contributed by atoms with E-state index in [1.807, 2.05) is 45.0 Å². The molecule has 1 aromatic carbocycles. The maximum Gasteiger partial charge on any atom is 0.407 e. The minimum absolute atomic E-state index is 0.282. The van der Waals surface area contributed by atoms with Crippen molar-refractivity contribution in [3.05, 3.63) is 42.4 Å². The number of carbonyl (C=O) groups excluding carboxylic acids is 1. The van der Waals surface area contributed by atoms with Gasteiger partial charge in [-0.05, 0) is 58.1 Å². The zero-order chi connectivity index (χ0) is 20.9. The second-order valence-corrected chi connectivity index (χ2v) is 8.35. The number of hydrogen-bond donors (Lipinski definition) is 2. The first-order valence-corrected chi connectivity index (χ1v) is 9.98. The summed E-state index contributed by atoms with van der Waals surface area (Å²) in [6.45, 7) is 6.19. The van der Waals surface area contributed by atoms with Gasteiger partial charge >= 0.3 is 6.09 Å². The number of benzene rings is 1. The third-order valence-corrected chi connectivity index (χ3v) is 4.78. The molecule has 1 amide bonds. The number of alkyl carbamates (subject to hydrolysis) is 1. The summed E-state index contributed by atoms with van der Waals surface area (Å²) in [4.78, 5) is 25.3. The van der Waals surface area contributed by atoms with Crippen molar-refractivity contribution in [1.82, 2.24) is 15.3 Å². The molecule has 29 heavy (non-hydrogen) atoms. The molecule has 0 saturated heterocycles. The molecule has 1 heterocycles. The number of aliphatic imine (C=N–C) groups is 1. The van der Waals surface area contributed by atoms with Crippen LogP contribution in [0, 0.1) is 5.92 Å². The Morgan fingerprint density at radius 3 is 2.72 bits per heavy atom. The molecule has 7 nitrogen and oxygen atoms in total. The van der Waals surface area contributed by atoms with E-state index >= 15 is 0 Å². The Morgan fingerprint density at radius 2 is 2.03 bits per heavy atom. The highest BCUT2D eigenvalue weighted by Crippen LogP contribution is 2.32. The third-order valence-electron chi connectivity index (χ3n) is 4.78. The number of hydrogen-bond acceptors (Lipinski definition) is 6. The van der Waals surface area contributed by atoms with Gasteiger partial charge in [0.25, 0.3) is 0 Å². The molecule has 1 aliphatic carbocycles. The molecule has 3 N–H and O–H groups in total. The fraction of sp³-hybridized carbons (Fsp3) is 0.455. The first-order valence-electron chi connectivity index (χ1n) is 9.98. The number of nitrogens with one attached hydrogen (secondary N) is 1. The largest absolute Gasteiger partial charge is 0.444 e. The Hall–Kier alpha value is -2.96. The maximum atomic E-state index is 11.7. The predicted molar refractivity (Wildman–Crippen MR) is 116 cm³/mol. The van der Waals surface area contributed by atoms with Crippen molar-refractivity contribution in [2.75, 3.05) is 6.54 Å². The second-order valence-electron chi connectivity index (χ2n) is 8.35. The van der Waals surface area contributed by atoms with Gasteiger partial charge in [-0.3, -0.25) is 9.98 Å². The number of aromatic nitrogens is 2. The maximum absolute atomic E-state index is 11.7. The number of nitrogens with zero attached hydrogens (tertiary/aromatic N) is 3. The summed E-state index contributed by atoms with van der Waals surface area (Å²) < 4.78 is 5.24. The van der Waals surface area contributed by atoms with Crippen LogP contribution in [-0.4, -0.2) is 40.5 Å². The standard InChI is InChI=1S/C22H29N5O2/c1-22(2,3)29-21(28)24-9-8-15-10-17(11-15)25-13-16(12-23)20-14-26-18-6-4-5-7-19(18)27-20/h4-7,12-15,17H,8-11,23H2,1-3H3,(H,24,28). The predicted octanol–water partition coefficient (Wildman–Crippen LogP) is 3.69. The summed E-state index contributed by atoms with van der Waals surface area (Å²) in [6.07, 6.45) is 7.61. The van der Waals surface area contributed by atoms with Gasteiger partial charge in [-0.15, -0.1) is 0 Å². The molecule has 154 valence electrons. The normalized spacial score (nSPS) is 19.9. The molecule has 0 spiro atoms. The Balaban J connectivity index is 1.44. The molecule has 3 rings (SSSR count). The molecule has 0 aliphatic heterocycles. The number of para-hydroxylation sites is 2. The van der Waals surface area contributed by atoms with Crippen molar-refractivity contribution in [3.63, 3.8) is 0 Å². The molecule has 1 saturated carbocycles. The Kier molecular flexibility index (Phi) is 6.46. The van der Waals surface area contributed by atoms with Crippen LogP contribution >= 0.6 is 0 Å². The highest BCUT2D eigenvalue weighted by Gasteiger charge is 2.28. The zero-order valence-electron chi connectivity index (χ0n) is 17.3. The van der Waals surface area contributed by atoms with Crippen molar-refractivity contribution < 1.29 is 9.53 Å². The molecular weight excluding hydrogens is 366 g/mol. The van der Waals surface area contributed by atoms with Crippen LogP contribution in [0.2, 0.25) is 0 Å². The van der Waals surface area contributed by atoms with E-state index in [1.165, 1.54) is 6.20 Å². The van der Waals surface area contributed by atoms with Crippen molar-refractivity contribution in [3.8, 4) is 0 Å². The van der Waals surface area contributed by atoms with Crippen LogP contribution in [0.15, 0.2) is 41.7 Å². The summed E-state index contributed by atoms with van der Waals surface area (Å²) in [7, 11) is 0. The Labute approximate surface area is 171 Å². The minimum atomic E-state index is -0.468. The molecule has 2 aromatic rings. The first-order chi connectivity index (χ1) is 13.8. The average molecular weight is 396 g/mol. The van der Waals surface area contributed by atoms with E-state index in [1.54, 1.807) is 12.4 Å². The Morgan fingerprint density at radius 1 is 1.31 bits per heavy atom. The number of carbonyl (C=O) groups is 1. The average Bonchev–Trinajstić information content (AvgIpc) is 2.64. The van der Waals surface area contributed by atoms with E-state index in [9.17, 15) is 4.79 Å². The van der Waals surface area contributed by atoms with Gasteiger partial charge in [-0.25, -0.2) is 9.78 Å². The lowest BCUT2D eigenvalue weighted by molar-refractivity contribution is 0.0522. The van der Waals surface area contributed by atoms with Crippen molar-refractivity contribution >= 4 is 28.9 Å². The number of allylic oxidation sites excluding steroid dienone is 1. The lowest BCUT2D eigenvalue weighted by Gasteiger charge is -2.32. The van der Waals surface area contributed by atoms with Crippen LogP contribution in [0.25, 0.3) is 16.6 Å². The molecule has 0 atom stereocenters. The Bertz CT molecular complexity index is 911. The summed E-state index contributed by atoms with van der Waals surface area (Å²) in [5, 5.41) is 2.81. The lowest BCUT2D eigenvalue weighted by Crippen LogP contribution is -2.35. The minimum Gasteiger partial charge on any atom is -0.444 e. The van der Waals surface area contributed by atoms with Crippen molar-refractivity contribution in [2.45, 2.75) is 51.7 Å². The van der Waals surface area contributed by atoms with Crippen LogP contribution in [0.1, 0.15) is 45.7 Å². The highest BCUT2D eigenvalue weighted by atomic mass is 16.6. The third kappa shape index (κ3) is 6.01. The van der Waals surface area contributed by atoms with Crippen molar-refractivity contribution in [1.29, 1.82) is 0 Å². The number of amides is 1. The summed E-state index contributed by atoms with van der Waals surface area (Å²) in [5.74, 6) is 0.567. The first kappa shape index (κ1) is 20.8. The topological polar surface area (TPSA) is 102 Å². The summed E-state index contributed by atoms with van der Waals surface area (Å²) in [5.41, 5.74) is 8.48. The van der Waals surface area contributed by atoms with Gasteiger partial charge in [-0.2, -0.15) is 0 Å². The summed E-state index contributed by atoms with van der Waals surface area (Å²) in [6, 6.07) is 8.02. The SMILES string of the molecule is CC(C)(C)OC(=O)NCCC1CC(N=CC(=CN)c2cnc3ccccc3n2)C1. The van der Waals surface area contributed by atoms with Gasteiger partial charge in [0, 0.05) is 24.5 Å². The van der Waals surface area contributed by atoms with Crippen LogP contribution in [0.5, 0.6) is 0 Å². The van der Waals surface area contributed by atoms with Gasteiger partial charge in [0.05, 0.1) is 29.0 Å². The van der Waals surface area contributed by atoms with Gasteiger partial charge in [-0.1, -0.05) is 12.1 Å². The van der Waals surface area contributed by atoms with E-state index in [4.69, 9.17) is 10.5 Å². The van der Waals surface area contributed by atoms with E-state index in [0.29, 0.717) is 18.2 Å². The summed E-state index contributed by atoms with van der Waals surface area (Å²) >= 11 is 0. The molecule has 1 aromatic heterocycles. The highest BCUT2D eigenvalue weighted by molar-refractivity contribution is 6.09. The number of ether oxygens (including phenoxy) is 1. The van der Waals surface area contributed by atoms with Gasteiger partial charge < -0.3 is 15.8 Å². The zero-order valence-corrected chi connectivity index (χ0v) is 17.3. The quantitative estimate of drug-likeness (QED) is 0.726. The van der Waals surface area contributed by atoms with E-state index in [2.05, 4.69) is 20.3 Å². The fourth-order valence-corrected chi connectivity index (χ4v) is 3.23. The number of fused-ring (bicyclic) bond motifs is 1. The van der Waals surface area contributed by atoms with Crippen LogP contribution < -0.4 is 11.1 Å². The molecule has 0 unspecified atom stereocenters. The fourth-order valence-electron chi connectivity index (χ4n) is 3.23. The monoisotopic (exact) mass is 395 g/mol. The number of nitrogens with two attached hydrogens (primary N) is 1. The van der Waals surface area contributed by atoms with Crippen LogP contribution in [0.3, 0.4) is 0 Å². The van der Waals surface area contributed by atoms with E-state index < -0.39 is 5.60 Å². The molecule has 1 fully saturated rings. The molecule has 1 aliphatic rings.